The Balaban J connectivity index is 0. The van der Waals surface area contributed by atoms with Crippen molar-refractivity contribution in [1.82, 2.24) is 0 Å². The molecule has 2 N–H and O–H groups in total. The molecule has 0 bridgehead atoms. The van der Waals surface area contributed by atoms with Crippen LogP contribution in [-0.2, 0) is 0 Å². The largest absolute Gasteiger partial charge is 0.333 e. The molecule has 0 unspecified atom stereocenters. The molecule has 0 aromatic heterocycles. The monoisotopic (exact) mass is 281 g/mol. The third-order valence-corrected chi connectivity index (χ3v) is 3.92. The highest BCUT2D eigenvalue weighted by Gasteiger charge is 2.18. The predicted octanol–water partition coefficient (Wildman–Crippen LogP) is 4.31. The van der Waals surface area contributed by atoms with Gasteiger partial charge in [0.2, 0.25) is 0 Å². The Morgan fingerprint density at radius 3 is 1.25 bits per heavy atom. The molecule has 0 aliphatic heterocycles. The molecule has 0 saturated heterocycles. The molecule has 0 radical (unpaired) electrons. The van der Waals surface area contributed by atoms with Crippen molar-refractivity contribution in [2.24, 2.45) is 5.73 Å². The first kappa shape index (κ1) is 21.4. The number of nitrogens with two attached hydrogens (primary N) is 1. The summed E-state index contributed by atoms with van der Waals surface area (Å²) < 4.78 is 1.32. The van der Waals surface area contributed by atoms with E-state index in [1.807, 2.05) is 36.4 Å². The summed E-state index contributed by atoms with van der Waals surface area (Å²) in [6, 6.07) is 12.0. The van der Waals surface area contributed by atoms with Crippen LogP contribution in [0, 0.1) is 0 Å². The molecule has 0 amide bonds. The normalized spacial score (nSPS) is 9.90. The summed E-state index contributed by atoms with van der Waals surface area (Å²) in [6.45, 7) is 14.5. The maximum absolute atomic E-state index is 4.50. The quantitative estimate of drug-likeness (QED) is 0.585. The summed E-state index contributed by atoms with van der Waals surface area (Å²) in [5, 5.41) is 0. The van der Waals surface area contributed by atoms with Crippen molar-refractivity contribution in [3.05, 3.63) is 36.4 Å². The fourth-order valence-corrected chi connectivity index (χ4v) is 2.23. The molecule has 2 heteroatoms. The van der Waals surface area contributed by atoms with Crippen molar-refractivity contribution >= 4 is 0 Å². The molecular weight excluding hydrogens is 244 g/mol. The first-order valence-corrected chi connectivity index (χ1v) is 8.17. The van der Waals surface area contributed by atoms with Crippen LogP contribution in [-0.4, -0.2) is 37.7 Å². The van der Waals surface area contributed by atoms with Crippen molar-refractivity contribution in [1.29, 1.82) is 0 Å². The van der Waals surface area contributed by atoms with E-state index in [1.54, 1.807) is 0 Å². The van der Waals surface area contributed by atoms with E-state index in [-0.39, 0.29) is 0 Å². The molecule has 118 valence electrons. The van der Waals surface area contributed by atoms with Gasteiger partial charge in [-0.1, -0.05) is 49.7 Å². The standard InChI is InChI=1S/C11H26N.C6H6.CH5N/c1-5-9-10-11-12(6-2,7-3)8-4;1-2-4-6-5-3-1;1-2/h5-11H2,1-4H3;1-6H;2H2,1H3/q+1;;. The van der Waals surface area contributed by atoms with Gasteiger partial charge in [-0.15, -0.1) is 0 Å². The maximum atomic E-state index is 4.50. The van der Waals surface area contributed by atoms with E-state index in [0.717, 1.165) is 0 Å². The lowest BCUT2D eigenvalue weighted by molar-refractivity contribution is -0.923. The van der Waals surface area contributed by atoms with Gasteiger partial charge < -0.3 is 10.2 Å². The van der Waals surface area contributed by atoms with Crippen molar-refractivity contribution in [2.75, 3.05) is 33.2 Å². The Hall–Kier alpha value is -0.860. The molecule has 1 aromatic rings. The minimum Gasteiger partial charge on any atom is -0.333 e. The van der Waals surface area contributed by atoms with E-state index in [0.29, 0.717) is 0 Å². The summed E-state index contributed by atoms with van der Waals surface area (Å²) in [5.41, 5.74) is 4.50. The van der Waals surface area contributed by atoms with Gasteiger partial charge in [0.05, 0.1) is 26.2 Å². The summed E-state index contributed by atoms with van der Waals surface area (Å²) >= 11 is 0. The topological polar surface area (TPSA) is 26.0 Å². The first-order valence-electron chi connectivity index (χ1n) is 8.17. The van der Waals surface area contributed by atoms with E-state index in [4.69, 9.17) is 0 Å². The molecule has 0 atom stereocenters. The van der Waals surface area contributed by atoms with Gasteiger partial charge in [0.25, 0.3) is 0 Å². The SMILES string of the molecule is CCCCC[N+](CC)(CC)CC.CN.c1ccccc1. The Morgan fingerprint density at radius 2 is 1.00 bits per heavy atom. The Labute approximate surface area is 127 Å². The van der Waals surface area contributed by atoms with Gasteiger partial charge in [-0.05, 0) is 40.7 Å². The molecule has 20 heavy (non-hydrogen) atoms. The highest BCUT2D eigenvalue weighted by Crippen LogP contribution is 2.09. The number of nitrogens with zero attached hydrogens (tertiary/aromatic N) is 1. The molecular formula is C18H37N2+. The van der Waals surface area contributed by atoms with E-state index >= 15 is 0 Å². The lowest BCUT2D eigenvalue weighted by Gasteiger charge is -2.35. The molecule has 0 spiro atoms. The fourth-order valence-electron chi connectivity index (χ4n) is 2.23. The minimum absolute atomic E-state index is 1.30. The van der Waals surface area contributed by atoms with Crippen LogP contribution in [0.25, 0.3) is 0 Å². The van der Waals surface area contributed by atoms with Crippen molar-refractivity contribution < 1.29 is 4.48 Å². The van der Waals surface area contributed by atoms with Crippen LogP contribution in [0.5, 0.6) is 0 Å². The second kappa shape index (κ2) is 16.2. The van der Waals surface area contributed by atoms with Crippen LogP contribution in [0.4, 0.5) is 0 Å². The zero-order valence-electron chi connectivity index (χ0n) is 14.4. The van der Waals surface area contributed by atoms with Crippen molar-refractivity contribution in [3.8, 4) is 0 Å². The fraction of sp³-hybridized carbons (Fsp3) is 0.667. The average molecular weight is 282 g/mol. The van der Waals surface area contributed by atoms with Crippen LogP contribution >= 0.6 is 0 Å². The van der Waals surface area contributed by atoms with Gasteiger partial charge in [0.1, 0.15) is 0 Å². The highest BCUT2D eigenvalue weighted by atomic mass is 15.3. The smallest absolute Gasteiger partial charge is 0.0786 e. The predicted molar refractivity (Wildman–Crippen MR) is 92.8 cm³/mol. The third-order valence-electron chi connectivity index (χ3n) is 3.92. The van der Waals surface area contributed by atoms with E-state index < -0.39 is 0 Å². The first-order chi connectivity index (χ1) is 9.74. The molecule has 1 rings (SSSR count). The number of rotatable bonds is 7. The maximum Gasteiger partial charge on any atom is 0.0786 e. The summed E-state index contributed by atoms with van der Waals surface area (Å²) in [5.74, 6) is 0. The van der Waals surface area contributed by atoms with Gasteiger partial charge >= 0.3 is 0 Å². The number of hydrogen-bond acceptors (Lipinski definition) is 1. The molecule has 0 saturated carbocycles. The lowest BCUT2D eigenvalue weighted by Crippen LogP contribution is -2.48. The minimum atomic E-state index is 1.30. The van der Waals surface area contributed by atoms with E-state index in [1.165, 1.54) is 57.0 Å². The van der Waals surface area contributed by atoms with Crippen LogP contribution in [0.1, 0.15) is 47.0 Å². The Morgan fingerprint density at radius 1 is 0.650 bits per heavy atom. The lowest BCUT2D eigenvalue weighted by atomic mass is 10.2. The van der Waals surface area contributed by atoms with Gasteiger partial charge in [0.15, 0.2) is 0 Å². The van der Waals surface area contributed by atoms with Crippen molar-refractivity contribution in [2.45, 2.75) is 47.0 Å². The molecule has 0 heterocycles. The molecule has 2 nitrogen and oxygen atoms in total. The second-order valence-corrected chi connectivity index (χ2v) is 4.88. The third kappa shape index (κ3) is 11.0. The van der Waals surface area contributed by atoms with Gasteiger partial charge in [-0.2, -0.15) is 0 Å². The highest BCUT2D eigenvalue weighted by molar-refractivity contribution is 4.99. The number of unbranched alkanes of at least 4 members (excludes halogenated alkanes) is 2. The van der Waals surface area contributed by atoms with Crippen LogP contribution in [0.15, 0.2) is 36.4 Å². The summed E-state index contributed by atoms with van der Waals surface area (Å²) in [7, 11) is 1.50. The van der Waals surface area contributed by atoms with E-state index in [9.17, 15) is 0 Å². The summed E-state index contributed by atoms with van der Waals surface area (Å²) in [6.07, 6.45) is 4.16. The van der Waals surface area contributed by atoms with Crippen molar-refractivity contribution in [3.63, 3.8) is 0 Å². The average Bonchev–Trinajstić information content (AvgIpc) is 2.56. The van der Waals surface area contributed by atoms with Gasteiger partial charge in [-0.25, -0.2) is 0 Å². The number of benzene rings is 1. The molecule has 0 aliphatic carbocycles. The zero-order chi connectivity index (χ0) is 15.7. The summed E-state index contributed by atoms with van der Waals surface area (Å²) in [4.78, 5) is 0. The van der Waals surface area contributed by atoms with Gasteiger partial charge in [-0.3, -0.25) is 0 Å². The Bertz CT molecular complexity index is 220. The molecule has 1 aromatic carbocycles. The number of quaternary nitrogens is 1. The molecule has 0 fully saturated rings. The second-order valence-electron chi connectivity index (χ2n) is 4.88. The van der Waals surface area contributed by atoms with E-state index in [2.05, 4.69) is 33.4 Å². The van der Waals surface area contributed by atoms with Crippen LogP contribution < -0.4 is 5.73 Å². The zero-order valence-corrected chi connectivity index (χ0v) is 14.4. The van der Waals surface area contributed by atoms with Gasteiger partial charge in [0, 0.05) is 0 Å². The molecule has 0 aliphatic rings. The van der Waals surface area contributed by atoms with Crippen LogP contribution in [0.2, 0.25) is 0 Å². The van der Waals surface area contributed by atoms with Crippen LogP contribution in [0.3, 0.4) is 0 Å². The Kier molecular flexibility index (Phi) is 17.4. The number of hydrogen-bond donors (Lipinski definition) is 1.